The molecule has 2 rings (SSSR count). The molecule has 2 N–H and O–H groups in total. The second-order valence-electron chi connectivity index (χ2n) is 3.45. The van der Waals surface area contributed by atoms with E-state index in [1.807, 2.05) is 24.0 Å². The maximum Gasteiger partial charge on any atom is 0.117 e. The molecule has 66 valence electrons. The smallest absolute Gasteiger partial charge is 0.117 e. The van der Waals surface area contributed by atoms with Crippen LogP contribution < -0.4 is 5.90 Å². The molecule has 0 aromatic carbocycles. The zero-order valence-corrected chi connectivity index (χ0v) is 7.16. The minimum Gasteiger partial charge on any atom is -0.337 e. The molecule has 1 aliphatic carbocycles. The Morgan fingerprint density at radius 1 is 1.75 bits per heavy atom. The van der Waals surface area contributed by atoms with Crippen LogP contribution in [-0.4, -0.2) is 16.2 Å². The van der Waals surface area contributed by atoms with Crippen LogP contribution in [0.1, 0.15) is 18.7 Å². The predicted octanol–water partition coefficient (Wildman–Crippen LogP) is 0.342. The van der Waals surface area contributed by atoms with Crippen LogP contribution in [0.25, 0.3) is 0 Å². The summed E-state index contributed by atoms with van der Waals surface area (Å²) in [5.74, 6) is 6.16. The third-order valence-corrected chi connectivity index (χ3v) is 2.51. The molecule has 12 heavy (non-hydrogen) atoms. The number of hydrogen-bond donors (Lipinski definition) is 1. The van der Waals surface area contributed by atoms with Crippen LogP contribution in [0.15, 0.2) is 12.4 Å². The van der Waals surface area contributed by atoms with Gasteiger partial charge in [0.25, 0.3) is 0 Å². The normalized spacial score (nSPS) is 19.5. The number of imidazole rings is 1. The average molecular weight is 167 g/mol. The first kappa shape index (κ1) is 7.76. The molecule has 1 fully saturated rings. The fourth-order valence-corrected chi connectivity index (χ4v) is 1.62. The lowest BCUT2D eigenvalue weighted by atomic mass is 10.1. The van der Waals surface area contributed by atoms with Crippen molar-refractivity contribution in [3.8, 4) is 0 Å². The van der Waals surface area contributed by atoms with Crippen LogP contribution in [0.5, 0.6) is 0 Å². The Kier molecular flexibility index (Phi) is 1.66. The van der Waals surface area contributed by atoms with Crippen molar-refractivity contribution in [2.75, 3.05) is 6.61 Å². The van der Waals surface area contributed by atoms with Crippen molar-refractivity contribution in [3.05, 3.63) is 18.2 Å². The van der Waals surface area contributed by atoms with Crippen molar-refractivity contribution in [1.82, 2.24) is 9.55 Å². The van der Waals surface area contributed by atoms with Crippen LogP contribution in [0.2, 0.25) is 0 Å². The lowest BCUT2D eigenvalue weighted by Gasteiger charge is -2.12. The fourth-order valence-electron chi connectivity index (χ4n) is 1.62. The van der Waals surface area contributed by atoms with Gasteiger partial charge in [-0.25, -0.2) is 10.9 Å². The monoisotopic (exact) mass is 167 g/mol. The Morgan fingerprint density at radius 2 is 2.50 bits per heavy atom. The topological polar surface area (TPSA) is 53.1 Å². The van der Waals surface area contributed by atoms with E-state index in [2.05, 4.69) is 4.98 Å². The van der Waals surface area contributed by atoms with Crippen molar-refractivity contribution in [2.45, 2.75) is 18.3 Å². The fraction of sp³-hybridized carbons (Fsp3) is 0.625. The number of aryl methyl sites for hydroxylation is 1. The summed E-state index contributed by atoms with van der Waals surface area (Å²) in [5, 5.41) is 0. The molecular weight excluding hydrogens is 154 g/mol. The Labute approximate surface area is 71.3 Å². The van der Waals surface area contributed by atoms with E-state index in [-0.39, 0.29) is 5.41 Å². The molecule has 0 radical (unpaired) electrons. The lowest BCUT2D eigenvalue weighted by molar-refractivity contribution is 0.113. The summed E-state index contributed by atoms with van der Waals surface area (Å²) in [6.07, 6.45) is 6.03. The van der Waals surface area contributed by atoms with Gasteiger partial charge in [0.15, 0.2) is 0 Å². The molecule has 1 aromatic rings. The summed E-state index contributed by atoms with van der Waals surface area (Å²) < 4.78 is 2.03. The van der Waals surface area contributed by atoms with Gasteiger partial charge < -0.3 is 9.40 Å². The highest BCUT2D eigenvalue weighted by atomic mass is 16.6. The summed E-state index contributed by atoms with van der Waals surface area (Å²) in [4.78, 5) is 8.99. The molecule has 0 aliphatic heterocycles. The predicted molar refractivity (Wildman–Crippen MR) is 44.3 cm³/mol. The molecule has 1 aliphatic rings. The first-order valence-corrected chi connectivity index (χ1v) is 4.08. The van der Waals surface area contributed by atoms with Crippen molar-refractivity contribution in [2.24, 2.45) is 12.9 Å². The minimum absolute atomic E-state index is 0.118. The SMILES string of the molecule is Cn1ccnc1C1(CON)CC1. The number of nitrogens with zero attached hydrogens (tertiary/aromatic N) is 2. The van der Waals surface area contributed by atoms with E-state index in [1.54, 1.807) is 0 Å². The largest absolute Gasteiger partial charge is 0.337 e. The van der Waals surface area contributed by atoms with Crippen molar-refractivity contribution < 1.29 is 4.84 Å². The van der Waals surface area contributed by atoms with Gasteiger partial charge >= 0.3 is 0 Å². The molecule has 1 saturated carbocycles. The molecule has 0 atom stereocenters. The summed E-state index contributed by atoms with van der Waals surface area (Å²) in [7, 11) is 2.00. The number of nitrogens with two attached hydrogens (primary N) is 1. The highest BCUT2D eigenvalue weighted by Crippen LogP contribution is 2.47. The van der Waals surface area contributed by atoms with Crippen molar-refractivity contribution in [3.63, 3.8) is 0 Å². The van der Waals surface area contributed by atoms with Crippen molar-refractivity contribution >= 4 is 0 Å². The molecule has 4 nitrogen and oxygen atoms in total. The van der Waals surface area contributed by atoms with Gasteiger partial charge in [-0.05, 0) is 12.8 Å². The number of hydrogen-bond acceptors (Lipinski definition) is 3. The first-order chi connectivity index (χ1) is 5.78. The minimum atomic E-state index is 0.118. The Morgan fingerprint density at radius 3 is 2.92 bits per heavy atom. The van der Waals surface area contributed by atoms with Crippen LogP contribution in [-0.2, 0) is 17.3 Å². The molecular formula is C8H13N3O. The van der Waals surface area contributed by atoms with E-state index >= 15 is 0 Å². The molecule has 4 heteroatoms. The molecule has 0 spiro atoms. The highest BCUT2D eigenvalue weighted by molar-refractivity contribution is 5.19. The first-order valence-electron chi connectivity index (χ1n) is 4.08. The zero-order chi connectivity index (χ0) is 8.60. The average Bonchev–Trinajstić information content (AvgIpc) is 2.68. The molecule has 0 amide bonds. The summed E-state index contributed by atoms with van der Waals surface area (Å²) >= 11 is 0. The molecule has 0 unspecified atom stereocenters. The van der Waals surface area contributed by atoms with Gasteiger partial charge in [-0.15, -0.1) is 0 Å². The van der Waals surface area contributed by atoms with Crippen LogP contribution in [0, 0.1) is 0 Å². The van der Waals surface area contributed by atoms with Gasteiger partial charge in [0.05, 0.1) is 12.0 Å². The lowest BCUT2D eigenvalue weighted by Crippen LogP contribution is -2.21. The van der Waals surface area contributed by atoms with E-state index in [4.69, 9.17) is 10.7 Å². The summed E-state index contributed by atoms with van der Waals surface area (Å²) in [6.45, 7) is 0.581. The maximum atomic E-state index is 5.07. The second-order valence-corrected chi connectivity index (χ2v) is 3.45. The second kappa shape index (κ2) is 2.57. The van der Waals surface area contributed by atoms with E-state index < -0.39 is 0 Å². The van der Waals surface area contributed by atoms with Crippen LogP contribution in [0.4, 0.5) is 0 Å². The summed E-state index contributed by atoms with van der Waals surface area (Å²) in [6, 6.07) is 0. The van der Waals surface area contributed by atoms with E-state index in [0.29, 0.717) is 6.61 Å². The zero-order valence-electron chi connectivity index (χ0n) is 7.16. The van der Waals surface area contributed by atoms with Gasteiger partial charge in [0, 0.05) is 19.4 Å². The molecule has 1 heterocycles. The number of rotatable bonds is 3. The Bertz CT molecular complexity index is 278. The molecule has 1 aromatic heterocycles. The van der Waals surface area contributed by atoms with E-state index in [9.17, 15) is 0 Å². The van der Waals surface area contributed by atoms with Gasteiger partial charge in [-0.1, -0.05) is 0 Å². The maximum absolute atomic E-state index is 5.07. The van der Waals surface area contributed by atoms with Gasteiger partial charge in [0.1, 0.15) is 5.82 Å². The highest BCUT2D eigenvalue weighted by Gasteiger charge is 2.47. The number of aromatic nitrogens is 2. The molecule has 0 saturated heterocycles. The van der Waals surface area contributed by atoms with E-state index in [1.165, 1.54) is 0 Å². The third kappa shape index (κ3) is 1.04. The third-order valence-electron chi connectivity index (χ3n) is 2.51. The standard InChI is InChI=1S/C8H13N3O/c1-11-5-4-10-7(11)8(2-3-8)6-12-9/h4-5H,2-3,6,9H2,1H3. The quantitative estimate of drug-likeness (QED) is 0.660. The van der Waals surface area contributed by atoms with Crippen LogP contribution >= 0.6 is 0 Å². The Balaban J connectivity index is 2.24. The van der Waals surface area contributed by atoms with Crippen molar-refractivity contribution in [1.29, 1.82) is 0 Å². The van der Waals surface area contributed by atoms with Crippen LogP contribution in [0.3, 0.4) is 0 Å². The summed E-state index contributed by atoms with van der Waals surface area (Å²) in [5.41, 5.74) is 0.118. The van der Waals surface area contributed by atoms with Gasteiger partial charge in [0.2, 0.25) is 0 Å². The van der Waals surface area contributed by atoms with E-state index in [0.717, 1.165) is 18.7 Å². The Hall–Kier alpha value is -0.870. The van der Waals surface area contributed by atoms with Gasteiger partial charge in [-0.2, -0.15) is 0 Å². The van der Waals surface area contributed by atoms with Gasteiger partial charge in [-0.3, -0.25) is 0 Å². The molecule has 0 bridgehead atoms.